The summed E-state index contributed by atoms with van der Waals surface area (Å²) < 4.78 is 15.5. The first-order valence-corrected chi connectivity index (χ1v) is 4.23. The molecule has 0 radical (unpaired) electrons. The monoisotopic (exact) mass is 188 g/mol. The van der Waals surface area contributed by atoms with E-state index in [1.807, 2.05) is 18.5 Å². The molecule has 0 aliphatic heterocycles. The third-order valence-corrected chi connectivity index (χ3v) is 2.37. The van der Waals surface area contributed by atoms with Gasteiger partial charge in [0.1, 0.15) is 11.3 Å². The minimum atomic E-state index is -0.409. The first kappa shape index (κ1) is 8.76. The summed E-state index contributed by atoms with van der Waals surface area (Å²) in [7, 11) is 1.85. The van der Waals surface area contributed by atoms with Crippen LogP contribution >= 0.6 is 0 Å². The van der Waals surface area contributed by atoms with Crippen molar-refractivity contribution in [3.05, 3.63) is 29.3 Å². The number of imidazole rings is 1. The van der Waals surface area contributed by atoms with E-state index >= 15 is 0 Å². The highest BCUT2D eigenvalue weighted by Crippen LogP contribution is 2.20. The molecule has 2 aromatic rings. The molecule has 0 aliphatic rings. The van der Waals surface area contributed by atoms with Crippen molar-refractivity contribution in [1.82, 2.24) is 9.55 Å². The van der Waals surface area contributed by atoms with Crippen LogP contribution in [-0.4, -0.2) is 9.55 Å². The predicted octanol–water partition coefficient (Wildman–Crippen LogP) is 2.00. The zero-order valence-corrected chi connectivity index (χ0v) is 8.00. The Morgan fingerprint density at radius 2 is 2.21 bits per heavy atom. The summed E-state index contributed by atoms with van der Waals surface area (Å²) in [5.41, 5.74) is 1.37. The Morgan fingerprint density at radius 1 is 1.50 bits per heavy atom. The minimum Gasteiger partial charge on any atom is -0.331 e. The molecule has 0 atom stereocenters. The second-order valence-corrected chi connectivity index (χ2v) is 3.16. The summed E-state index contributed by atoms with van der Waals surface area (Å²) in [4.78, 5) is 4.11. The van der Waals surface area contributed by atoms with Crippen LogP contribution in [0.5, 0.6) is 0 Å². The number of aryl methyl sites for hydroxylation is 2. The van der Waals surface area contributed by atoms with E-state index in [-0.39, 0.29) is 5.56 Å². The van der Waals surface area contributed by atoms with Gasteiger partial charge >= 0.3 is 0 Å². The third kappa shape index (κ3) is 1.01. The van der Waals surface area contributed by atoms with Crippen LogP contribution in [0.2, 0.25) is 0 Å². The van der Waals surface area contributed by atoms with Crippen LogP contribution in [-0.2, 0) is 7.05 Å². The van der Waals surface area contributed by atoms with Crippen molar-refractivity contribution in [3.8, 4) is 12.3 Å². The molecule has 14 heavy (non-hydrogen) atoms. The predicted molar refractivity (Wildman–Crippen MR) is 53.3 cm³/mol. The van der Waals surface area contributed by atoms with E-state index in [2.05, 4.69) is 10.9 Å². The maximum Gasteiger partial charge on any atom is 0.166 e. The quantitative estimate of drug-likeness (QED) is 0.578. The van der Waals surface area contributed by atoms with Gasteiger partial charge in [0.2, 0.25) is 0 Å². The molecule has 0 bridgehead atoms. The highest BCUT2D eigenvalue weighted by molar-refractivity contribution is 5.78. The average molecular weight is 188 g/mol. The van der Waals surface area contributed by atoms with E-state index in [1.165, 1.54) is 0 Å². The largest absolute Gasteiger partial charge is 0.331 e. The molecule has 3 heteroatoms. The average Bonchev–Trinajstić information content (AvgIpc) is 2.46. The molecule has 0 N–H and O–H groups in total. The van der Waals surface area contributed by atoms with Crippen LogP contribution in [0.1, 0.15) is 11.4 Å². The number of nitrogens with zero attached hydrogens (tertiary/aromatic N) is 2. The van der Waals surface area contributed by atoms with Gasteiger partial charge in [-0.1, -0.05) is 5.92 Å². The van der Waals surface area contributed by atoms with Crippen molar-refractivity contribution in [2.45, 2.75) is 6.92 Å². The van der Waals surface area contributed by atoms with Crippen molar-refractivity contribution in [2.24, 2.45) is 7.05 Å². The molecule has 1 aromatic heterocycles. The van der Waals surface area contributed by atoms with Crippen molar-refractivity contribution in [2.75, 3.05) is 0 Å². The second kappa shape index (κ2) is 2.85. The summed E-state index contributed by atoms with van der Waals surface area (Å²) in [6, 6.07) is 3.38. The van der Waals surface area contributed by atoms with Crippen molar-refractivity contribution in [3.63, 3.8) is 0 Å². The Labute approximate surface area is 81.4 Å². The summed E-state index contributed by atoms with van der Waals surface area (Å²) >= 11 is 0. The molecule has 0 aliphatic carbocycles. The lowest BCUT2D eigenvalue weighted by atomic mass is 10.2. The zero-order chi connectivity index (χ0) is 10.3. The van der Waals surface area contributed by atoms with E-state index in [0.29, 0.717) is 5.52 Å². The fourth-order valence-electron chi connectivity index (χ4n) is 1.45. The number of terminal acetylenes is 1. The third-order valence-electron chi connectivity index (χ3n) is 2.37. The maximum atomic E-state index is 13.6. The Morgan fingerprint density at radius 3 is 2.86 bits per heavy atom. The number of benzene rings is 1. The van der Waals surface area contributed by atoms with Crippen LogP contribution in [0.15, 0.2) is 12.1 Å². The summed E-state index contributed by atoms with van der Waals surface area (Å²) in [5, 5.41) is 0. The number of hydrogen-bond donors (Lipinski definition) is 0. The fourth-order valence-corrected chi connectivity index (χ4v) is 1.45. The number of rotatable bonds is 0. The molecule has 2 nitrogen and oxygen atoms in total. The summed E-state index contributed by atoms with van der Waals surface area (Å²) in [6.45, 7) is 1.83. The molecule has 0 amide bonds. The molecular formula is C11H9FN2. The Hall–Kier alpha value is -1.82. The van der Waals surface area contributed by atoms with E-state index in [0.717, 1.165) is 11.3 Å². The standard InChI is InChI=1S/C11H9FN2/c1-4-8-5-6-9-11(10(8)12)13-7(2)14(9)3/h1,5-6H,2-3H3. The zero-order valence-electron chi connectivity index (χ0n) is 8.00. The van der Waals surface area contributed by atoms with E-state index in [1.54, 1.807) is 12.1 Å². The Bertz CT molecular complexity index is 546. The van der Waals surface area contributed by atoms with Gasteiger partial charge in [-0.3, -0.25) is 0 Å². The molecular weight excluding hydrogens is 179 g/mol. The smallest absolute Gasteiger partial charge is 0.166 e. The van der Waals surface area contributed by atoms with Crippen molar-refractivity contribution >= 4 is 11.0 Å². The number of fused-ring (bicyclic) bond motifs is 1. The van der Waals surface area contributed by atoms with Gasteiger partial charge in [-0.05, 0) is 19.1 Å². The highest BCUT2D eigenvalue weighted by atomic mass is 19.1. The van der Waals surface area contributed by atoms with Gasteiger partial charge in [-0.25, -0.2) is 9.37 Å². The molecule has 2 rings (SSSR count). The van der Waals surface area contributed by atoms with Gasteiger partial charge in [0, 0.05) is 7.05 Å². The number of hydrogen-bond acceptors (Lipinski definition) is 1. The normalized spacial score (nSPS) is 10.4. The fraction of sp³-hybridized carbons (Fsp3) is 0.182. The van der Waals surface area contributed by atoms with Gasteiger partial charge in [0.05, 0.1) is 11.1 Å². The van der Waals surface area contributed by atoms with Crippen LogP contribution in [0, 0.1) is 25.1 Å². The summed E-state index contributed by atoms with van der Waals surface area (Å²) in [6.07, 6.45) is 5.16. The first-order valence-electron chi connectivity index (χ1n) is 4.23. The molecule has 0 spiro atoms. The van der Waals surface area contributed by atoms with Gasteiger partial charge < -0.3 is 4.57 Å². The van der Waals surface area contributed by atoms with Crippen molar-refractivity contribution in [1.29, 1.82) is 0 Å². The molecule has 70 valence electrons. The SMILES string of the molecule is C#Cc1ccc2c(nc(C)n2C)c1F. The lowest BCUT2D eigenvalue weighted by Crippen LogP contribution is -1.90. The molecule has 1 heterocycles. The van der Waals surface area contributed by atoms with Crippen LogP contribution in [0.4, 0.5) is 4.39 Å². The Balaban J connectivity index is 2.92. The van der Waals surface area contributed by atoms with Crippen LogP contribution < -0.4 is 0 Å². The van der Waals surface area contributed by atoms with Crippen LogP contribution in [0.25, 0.3) is 11.0 Å². The second-order valence-electron chi connectivity index (χ2n) is 3.16. The molecule has 0 saturated heterocycles. The number of halogens is 1. The van der Waals surface area contributed by atoms with E-state index in [9.17, 15) is 4.39 Å². The molecule has 0 unspecified atom stereocenters. The molecule has 0 fully saturated rings. The topological polar surface area (TPSA) is 17.8 Å². The molecule has 0 saturated carbocycles. The Kier molecular flexibility index (Phi) is 1.78. The summed E-state index contributed by atoms with van der Waals surface area (Å²) in [5.74, 6) is 2.65. The van der Waals surface area contributed by atoms with Crippen molar-refractivity contribution < 1.29 is 4.39 Å². The van der Waals surface area contributed by atoms with Crippen LogP contribution in [0.3, 0.4) is 0 Å². The van der Waals surface area contributed by atoms with Gasteiger partial charge in [-0.15, -0.1) is 6.42 Å². The minimum absolute atomic E-state index is 0.260. The molecule has 1 aromatic carbocycles. The van der Waals surface area contributed by atoms with Gasteiger partial charge in [-0.2, -0.15) is 0 Å². The number of aromatic nitrogens is 2. The maximum absolute atomic E-state index is 13.6. The van der Waals surface area contributed by atoms with E-state index in [4.69, 9.17) is 6.42 Å². The first-order chi connectivity index (χ1) is 6.65. The lowest BCUT2D eigenvalue weighted by molar-refractivity contribution is 0.634. The van der Waals surface area contributed by atoms with E-state index < -0.39 is 5.82 Å². The lowest BCUT2D eigenvalue weighted by Gasteiger charge is -1.97. The highest BCUT2D eigenvalue weighted by Gasteiger charge is 2.11. The van der Waals surface area contributed by atoms with Gasteiger partial charge in [0.25, 0.3) is 0 Å². The van der Waals surface area contributed by atoms with Gasteiger partial charge in [0.15, 0.2) is 5.82 Å².